The van der Waals surface area contributed by atoms with Gasteiger partial charge in [-0.25, -0.2) is 0 Å². The third-order valence-corrected chi connectivity index (χ3v) is 12.4. The van der Waals surface area contributed by atoms with Crippen molar-refractivity contribution in [1.29, 1.82) is 0 Å². The highest BCUT2D eigenvalue weighted by molar-refractivity contribution is 7.27. The number of fused-ring (bicyclic) bond motifs is 16. The zero-order valence-corrected chi connectivity index (χ0v) is 24.4. The van der Waals surface area contributed by atoms with E-state index < -0.39 is 0 Å². The second-order valence-electron chi connectivity index (χ2n) is 12.0. The maximum Gasteiger partial charge on any atom is 0.333 e. The molecule has 0 fully saturated rings. The van der Waals surface area contributed by atoms with Gasteiger partial charge >= 0.3 is 6.85 Å². The number of benzene rings is 6. The lowest BCUT2D eigenvalue weighted by Crippen LogP contribution is -2.55. The summed E-state index contributed by atoms with van der Waals surface area (Å²) >= 11 is 3.87. The van der Waals surface area contributed by atoms with Gasteiger partial charge in [-0.3, -0.25) is 0 Å². The molecule has 2 aliphatic heterocycles. The Bertz CT molecular complexity index is 2910. The van der Waals surface area contributed by atoms with Gasteiger partial charge in [0.15, 0.2) is 0 Å². The predicted octanol–water partition coefficient (Wildman–Crippen LogP) is 9.42. The summed E-state index contributed by atoms with van der Waals surface area (Å²) < 4.78 is 9.47. The molecule has 6 heterocycles. The van der Waals surface area contributed by atoms with Crippen LogP contribution < -0.4 is 10.9 Å². The highest BCUT2D eigenvalue weighted by atomic mass is 32.1. The Kier molecular flexibility index (Phi) is 3.65. The lowest BCUT2D eigenvalue weighted by molar-refractivity contribution is 1.20. The molecule has 5 heteroatoms. The van der Waals surface area contributed by atoms with Gasteiger partial charge in [0.25, 0.3) is 0 Å². The van der Waals surface area contributed by atoms with E-state index in [1.165, 1.54) is 101 Å². The quantitative estimate of drug-likeness (QED) is 0.159. The molecule has 0 amide bonds. The number of hydrogen-bond donors (Lipinski definition) is 0. The van der Waals surface area contributed by atoms with Crippen LogP contribution in [0.1, 0.15) is 0 Å². The highest BCUT2D eigenvalue weighted by Gasteiger charge is 2.42. The number of hydrogen-bond acceptors (Lipinski definition) is 2. The number of nitrogens with zero attached hydrogens (tertiary/aromatic N) is 2. The standard InChI is InChI=1S/C38H19BN2S2/c1-2-10-21-20(9-1)19-27-22-13-7-15-26-33(22)41(36-24-12-4-6-18-30(24)42-37(26)36)39-28-16-8-14-25-31-23-11-3-5-17-29(23)43-38(31)40(34(25)28)35(21)32(27)39/h1-19H. The Hall–Kier alpha value is -4.84. The number of aromatic nitrogens is 2. The lowest BCUT2D eigenvalue weighted by Gasteiger charge is -2.34. The summed E-state index contributed by atoms with van der Waals surface area (Å²) in [6, 6.07) is 43.4. The van der Waals surface area contributed by atoms with Crippen LogP contribution in [0.2, 0.25) is 0 Å². The molecule has 0 spiro atoms. The summed E-state index contributed by atoms with van der Waals surface area (Å²) in [5, 5.41) is 9.46. The summed E-state index contributed by atoms with van der Waals surface area (Å²) in [5.41, 5.74) is 11.0. The molecule has 12 rings (SSSR count). The van der Waals surface area contributed by atoms with Gasteiger partial charge in [-0.15, -0.1) is 22.7 Å². The normalized spacial score (nSPS) is 13.5. The molecule has 2 nitrogen and oxygen atoms in total. The monoisotopic (exact) mass is 578 g/mol. The Labute approximate surface area is 253 Å². The summed E-state index contributed by atoms with van der Waals surface area (Å²) in [5.74, 6) is 0. The van der Waals surface area contributed by atoms with Crippen LogP contribution >= 0.6 is 22.7 Å². The maximum absolute atomic E-state index is 2.72. The summed E-state index contributed by atoms with van der Waals surface area (Å²) in [6.07, 6.45) is 0. The first kappa shape index (κ1) is 21.8. The van der Waals surface area contributed by atoms with Crippen molar-refractivity contribution in [3.63, 3.8) is 0 Å². The molecule has 0 saturated heterocycles. The minimum absolute atomic E-state index is 0.0917. The van der Waals surface area contributed by atoms with Crippen molar-refractivity contribution < 1.29 is 0 Å². The Morgan fingerprint density at radius 3 is 2.16 bits per heavy atom. The van der Waals surface area contributed by atoms with Gasteiger partial charge in [-0.05, 0) is 40.1 Å². The Morgan fingerprint density at radius 2 is 1.26 bits per heavy atom. The Balaban J connectivity index is 1.40. The molecule has 0 unspecified atom stereocenters. The summed E-state index contributed by atoms with van der Waals surface area (Å²) in [6.45, 7) is 0.0917. The molecule has 4 aromatic heterocycles. The molecule has 10 aromatic rings. The van der Waals surface area contributed by atoms with Gasteiger partial charge in [0.2, 0.25) is 0 Å². The predicted molar refractivity (Wildman–Crippen MR) is 188 cm³/mol. The van der Waals surface area contributed by atoms with Crippen LogP contribution in [-0.4, -0.2) is 15.9 Å². The average molecular weight is 579 g/mol. The fourth-order valence-corrected chi connectivity index (χ4v) is 11.0. The molecule has 6 aromatic carbocycles. The first-order chi connectivity index (χ1) is 21.4. The lowest BCUT2D eigenvalue weighted by atomic mass is 9.45. The van der Waals surface area contributed by atoms with Crippen LogP contribution in [0.15, 0.2) is 115 Å². The fourth-order valence-electron chi connectivity index (χ4n) is 8.53. The minimum Gasteiger partial charge on any atom is -0.374 e. The molecule has 2 aliphatic rings. The van der Waals surface area contributed by atoms with Crippen LogP contribution in [0.5, 0.6) is 0 Å². The maximum atomic E-state index is 2.72. The zero-order chi connectivity index (χ0) is 27.6. The number of rotatable bonds is 0. The van der Waals surface area contributed by atoms with E-state index >= 15 is 0 Å². The second-order valence-corrected chi connectivity index (χ2v) is 14.1. The van der Waals surface area contributed by atoms with Crippen molar-refractivity contribution in [2.75, 3.05) is 0 Å². The Morgan fingerprint density at radius 1 is 0.535 bits per heavy atom. The molecular weight excluding hydrogens is 559 g/mol. The van der Waals surface area contributed by atoms with Crippen LogP contribution in [0.3, 0.4) is 0 Å². The van der Waals surface area contributed by atoms with Crippen molar-refractivity contribution in [3.05, 3.63) is 115 Å². The van der Waals surface area contributed by atoms with Crippen molar-refractivity contribution >= 4 is 114 Å². The molecule has 0 aliphatic carbocycles. The third-order valence-electron chi connectivity index (χ3n) is 10.1. The first-order valence-corrected chi connectivity index (χ1v) is 16.5. The minimum atomic E-state index is 0.0917. The molecular formula is C38H19BN2S2. The molecule has 0 saturated carbocycles. The second kappa shape index (κ2) is 7.20. The van der Waals surface area contributed by atoms with Gasteiger partial charge in [0.1, 0.15) is 4.83 Å². The van der Waals surface area contributed by atoms with Gasteiger partial charge in [-0.2, -0.15) is 0 Å². The van der Waals surface area contributed by atoms with Crippen LogP contribution in [0, 0.1) is 0 Å². The molecule has 43 heavy (non-hydrogen) atoms. The van der Waals surface area contributed by atoms with Gasteiger partial charge in [0, 0.05) is 52.8 Å². The van der Waals surface area contributed by atoms with Crippen LogP contribution in [0.25, 0.3) is 90.0 Å². The SMILES string of the molecule is c1ccc2c3c4c(cc2c1)-c1cccc2c5sc6ccccc6c5n(c12)B4c1cccc2c4c5ccccc5sc4n-3c12. The smallest absolute Gasteiger partial charge is 0.333 e. The van der Waals surface area contributed by atoms with Crippen LogP contribution in [0.4, 0.5) is 0 Å². The zero-order valence-electron chi connectivity index (χ0n) is 22.8. The van der Waals surface area contributed by atoms with Gasteiger partial charge in [-0.1, -0.05) is 97.1 Å². The van der Waals surface area contributed by atoms with Crippen molar-refractivity contribution in [3.8, 4) is 16.8 Å². The number of para-hydroxylation sites is 2. The fraction of sp³-hybridized carbons (Fsp3) is 0. The first-order valence-electron chi connectivity index (χ1n) is 14.8. The average Bonchev–Trinajstić information content (AvgIpc) is 3.79. The van der Waals surface area contributed by atoms with E-state index in [-0.39, 0.29) is 6.85 Å². The highest BCUT2D eigenvalue weighted by Crippen LogP contribution is 2.49. The molecule has 196 valence electrons. The van der Waals surface area contributed by atoms with Gasteiger partial charge in [0.05, 0.1) is 21.4 Å². The van der Waals surface area contributed by atoms with E-state index in [4.69, 9.17) is 0 Å². The van der Waals surface area contributed by atoms with Gasteiger partial charge < -0.3 is 9.05 Å². The van der Waals surface area contributed by atoms with E-state index in [1.807, 2.05) is 22.7 Å². The summed E-state index contributed by atoms with van der Waals surface area (Å²) in [7, 11) is 0. The topological polar surface area (TPSA) is 9.86 Å². The van der Waals surface area contributed by atoms with E-state index in [0.29, 0.717) is 0 Å². The number of thiophene rings is 2. The van der Waals surface area contributed by atoms with Crippen molar-refractivity contribution in [1.82, 2.24) is 9.05 Å². The van der Waals surface area contributed by atoms with E-state index in [1.54, 1.807) is 0 Å². The van der Waals surface area contributed by atoms with Crippen molar-refractivity contribution in [2.24, 2.45) is 0 Å². The largest absolute Gasteiger partial charge is 0.374 e. The molecule has 0 N–H and O–H groups in total. The van der Waals surface area contributed by atoms with Crippen LogP contribution in [-0.2, 0) is 0 Å². The summed E-state index contributed by atoms with van der Waals surface area (Å²) in [4.78, 5) is 1.35. The molecule has 0 radical (unpaired) electrons. The molecule has 0 bridgehead atoms. The third kappa shape index (κ3) is 2.34. The molecule has 0 atom stereocenters. The van der Waals surface area contributed by atoms with E-state index in [2.05, 4.69) is 124 Å². The van der Waals surface area contributed by atoms with E-state index in [9.17, 15) is 0 Å². The van der Waals surface area contributed by atoms with Crippen molar-refractivity contribution in [2.45, 2.75) is 0 Å². The van der Waals surface area contributed by atoms with E-state index in [0.717, 1.165) is 0 Å².